The molecule has 7 heteroatoms. The van der Waals surface area contributed by atoms with Gasteiger partial charge in [-0.15, -0.1) is 0 Å². The van der Waals surface area contributed by atoms with Crippen molar-refractivity contribution in [3.05, 3.63) is 34.8 Å². The van der Waals surface area contributed by atoms with Gasteiger partial charge >= 0.3 is 0 Å². The highest BCUT2D eigenvalue weighted by atomic mass is 16.3. The standard InChI is InChI=1S/C18H24N4O3/c1-13(17(23)21-9-5-3-2-4-6-10-21)22-18(24)14(19)12-15(20-22)16-8-7-11-25-16/h7-8,11-13H,2-6,9-10,19H2,1H3/t13-/m0/s1. The molecule has 1 saturated heterocycles. The Bertz CT molecular complexity index is 774. The van der Waals surface area contributed by atoms with Gasteiger partial charge in [0.1, 0.15) is 17.4 Å². The number of nitrogens with two attached hydrogens (primary N) is 1. The largest absolute Gasteiger partial charge is 0.463 e. The van der Waals surface area contributed by atoms with Gasteiger partial charge in [0.15, 0.2) is 5.76 Å². The molecule has 25 heavy (non-hydrogen) atoms. The molecule has 0 aliphatic carbocycles. The molecule has 1 aliphatic heterocycles. The summed E-state index contributed by atoms with van der Waals surface area (Å²) in [5.74, 6) is 0.416. The Balaban J connectivity index is 1.89. The third kappa shape index (κ3) is 3.75. The summed E-state index contributed by atoms with van der Waals surface area (Å²) in [4.78, 5) is 27.1. The van der Waals surface area contributed by atoms with Gasteiger partial charge in [0.05, 0.1) is 6.26 Å². The molecule has 0 spiro atoms. The van der Waals surface area contributed by atoms with Crippen molar-refractivity contribution in [1.29, 1.82) is 0 Å². The number of furan rings is 1. The van der Waals surface area contributed by atoms with Gasteiger partial charge in [-0.3, -0.25) is 9.59 Å². The third-order valence-corrected chi connectivity index (χ3v) is 4.63. The topological polar surface area (TPSA) is 94.4 Å². The normalized spacial score (nSPS) is 16.9. The molecular formula is C18H24N4O3. The number of likely N-dealkylation sites (tertiary alicyclic amines) is 1. The Morgan fingerprint density at radius 2 is 1.92 bits per heavy atom. The van der Waals surface area contributed by atoms with Crippen LogP contribution in [0.2, 0.25) is 0 Å². The number of aromatic nitrogens is 2. The lowest BCUT2D eigenvalue weighted by Gasteiger charge is -2.28. The Labute approximate surface area is 146 Å². The molecule has 1 atom stereocenters. The predicted octanol–water partition coefficient (Wildman–Crippen LogP) is 2.44. The Hall–Kier alpha value is -2.57. The first-order valence-electron chi connectivity index (χ1n) is 8.80. The van der Waals surface area contributed by atoms with Crippen LogP contribution in [0.25, 0.3) is 11.5 Å². The maximum absolute atomic E-state index is 12.9. The van der Waals surface area contributed by atoms with Gasteiger partial charge in [0, 0.05) is 13.1 Å². The summed E-state index contributed by atoms with van der Waals surface area (Å²) in [6.45, 7) is 3.15. The molecule has 2 aromatic rings. The Morgan fingerprint density at radius 3 is 2.56 bits per heavy atom. The van der Waals surface area contributed by atoms with E-state index in [1.165, 1.54) is 23.4 Å². The molecule has 0 saturated carbocycles. The number of nitrogens with zero attached hydrogens (tertiary/aromatic N) is 3. The van der Waals surface area contributed by atoms with Crippen molar-refractivity contribution < 1.29 is 9.21 Å². The van der Waals surface area contributed by atoms with Gasteiger partial charge in [-0.1, -0.05) is 19.3 Å². The molecule has 0 unspecified atom stereocenters. The van der Waals surface area contributed by atoms with E-state index in [0.29, 0.717) is 11.5 Å². The molecule has 7 nitrogen and oxygen atoms in total. The first-order valence-corrected chi connectivity index (χ1v) is 8.80. The lowest BCUT2D eigenvalue weighted by atomic mass is 10.1. The summed E-state index contributed by atoms with van der Waals surface area (Å²) in [6, 6.07) is 4.24. The fraction of sp³-hybridized carbons (Fsp3) is 0.500. The van der Waals surface area contributed by atoms with Crippen LogP contribution in [0.15, 0.2) is 33.7 Å². The Morgan fingerprint density at radius 1 is 1.24 bits per heavy atom. The second-order valence-electron chi connectivity index (χ2n) is 6.48. The van der Waals surface area contributed by atoms with Gasteiger partial charge in [-0.25, -0.2) is 4.68 Å². The average Bonchev–Trinajstić information content (AvgIpc) is 3.10. The van der Waals surface area contributed by atoms with Crippen LogP contribution in [0.5, 0.6) is 0 Å². The number of amides is 1. The quantitative estimate of drug-likeness (QED) is 0.923. The summed E-state index contributed by atoms with van der Waals surface area (Å²) in [5.41, 5.74) is 5.88. The number of hydrogen-bond donors (Lipinski definition) is 1. The van der Waals surface area contributed by atoms with Crippen LogP contribution in [0.4, 0.5) is 5.69 Å². The molecule has 2 aromatic heterocycles. The van der Waals surface area contributed by atoms with Crippen LogP contribution in [0.3, 0.4) is 0 Å². The van der Waals surface area contributed by atoms with E-state index in [2.05, 4.69) is 5.10 Å². The highest BCUT2D eigenvalue weighted by Gasteiger charge is 2.25. The smallest absolute Gasteiger partial charge is 0.290 e. The van der Waals surface area contributed by atoms with Crippen LogP contribution in [0, 0.1) is 0 Å². The first kappa shape index (κ1) is 17.3. The van der Waals surface area contributed by atoms with Crippen LogP contribution in [0.1, 0.15) is 45.1 Å². The number of anilines is 1. The van der Waals surface area contributed by atoms with E-state index in [-0.39, 0.29) is 11.6 Å². The monoisotopic (exact) mass is 344 g/mol. The van der Waals surface area contributed by atoms with E-state index in [9.17, 15) is 9.59 Å². The summed E-state index contributed by atoms with van der Waals surface area (Å²) in [7, 11) is 0. The minimum absolute atomic E-state index is 0.0497. The number of carbonyl (C=O) groups excluding carboxylic acids is 1. The molecule has 0 radical (unpaired) electrons. The van der Waals surface area contributed by atoms with Gasteiger partial charge in [-0.05, 0) is 38.0 Å². The fourth-order valence-electron chi connectivity index (χ4n) is 3.18. The van der Waals surface area contributed by atoms with Crippen molar-refractivity contribution in [3.63, 3.8) is 0 Å². The molecule has 1 amide bonds. The van der Waals surface area contributed by atoms with Crippen LogP contribution < -0.4 is 11.3 Å². The van der Waals surface area contributed by atoms with Crippen LogP contribution in [-0.4, -0.2) is 33.7 Å². The number of rotatable bonds is 3. The summed E-state index contributed by atoms with van der Waals surface area (Å²) >= 11 is 0. The van der Waals surface area contributed by atoms with E-state index >= 15 is 0 Å². The van der Waals surface area contributed by atoms with Crippen molar-refractivity contribution in [2.45, 2.75) is 45.1 Å². The molecule has 2 N–H and O–H groups in total. The van der Waals surface area contributed by atoms with Crippen molar-refractivity contribution in [2.75, 3.05) is 18.8 Å². The first-order chi connectivity index (χ1) is 12.1. The van der Waals surface area contributed by atoms with E-state index in [1.54, 1.807) is 19.1 Å². The lowest BCUT2D eigenvalue weighted by molar-refractivity contribution is -0.135. The van der Waals surface area contributed by atoms with Crippen molar-refractivity contribution in [3.8, 4) is 11.5 Å². The highest BCUT2D eigenvalue weighted by molar-refractivity contribution is 5.80. The third-order valence-electron chi connectivity index (χ3n) is 4.63. The SMILES string of the molecule is C[C@@H](C(=O)N1CCCCCCC1)n1nc(-c2ccco2)cc(N)c1=O. The van der Waals surface area contributed by atoms with E-state index in [4.69, 9.17) is 10.2 Å². The van der Waals surface area contributed by atoms with E-state index in [0.717, 1.165) is 38.8 Å². The van der Waals surface area contributed by atoms with Gasteiger partial charge < -0.3 is 15.1 Å². The molecule has 1 aliphatic rings. The number of nitrogen functional groups attached to an aromatic ring is 1. The van der Waals surface area contributed by atoms with Gasteiger partial charge in [-0.2, -0.15) is 5.10 Å². The van der Waals surface area contributed by atoms with Crippen LogP contribution >= 0.6 is 0 Å². The van der Waals surface area contributed by atoms with E-state index in [1.807, 2.05) is 4.90 Å². The molecule has 134 valence electrons. The zero-order valence-corrected chi connectivity index (χ0v) is 14.5. The highest BCUT2D eigenvalue weighted by Crippen LogP contribution is 2.20. The van der Waals surface area contributed by atoms with Crippen molar-refractivity contribution in [1.82, 2.24) is 14.7 Å². The predicted molar refractivity (Wildman–Crippen MR) is 95.0 cm³/mol. The minimum atomic E-state index is -0.705. The summed E-state index contributed by atoms with van der Waals surface area (Å²) in [6.07, 6.45) is 7.01. The number of carbonyl (C=O) groups is 1. The average molecular weight is 344 g/mol. The molecule has 0 aromatic carbocycles. The Kier molecular flexibility index (Phi) is 5.21. The number of hydrogen-bond acceptors (Lipinski definition) is 5. The molecule has 1 fully saturated rings. The minimum Gasteiger partial charge on any atom is -0.463 e. The van der Waals surface area contributed by atoms with Crippen molar-refractivity contribution >= 4 is 11.6 Å². The van der Waals surface area contributed by atoms with E-state index < -0.39 is 11.6 Å². The summed E-state index contributed by atoms with van der Waals surface area (Å²) in [5, 5.41) is 4.32. The molecule has 3 heterocycles. The maximum Gasteiger partial charge on any atom is 0.290 e. The fourth-order valence-corrected chi connectivity index (χ4v) is 3.18. The maximum atomic E-state index is 12.9. The molecular weight excluding hydrogens is 320 g/mol. The second-order valence-corrected chi connectivity index (χ2v) is 6.48. The second kappa shape index (κ2) is 7.55. The zero-order valence-electron chi connectivity index (χ0n) is 14.5. The van der Waals surface area contributed by atoms with Crippen LogP contribution in [-0.2, 0) is 4.79 Å². The lowest BCUT2D eigenvalue weighted by Crippen LogP contribution is -2.42. The molecule has 3 rings (SSSR count). The van der Waals surface area contributed by atoms with Crippen molar-refractivity contribution in [2.24, 2.45) is 0 Å². The van der Waals surface area contributed by atoms with Gasteiger partial charge in [0.2, 0.25) is 5.91 Å². The zero-order chi connectivity index (χ0) is 17.8. The van der Waals surface area contributed by atoms with Gasteiger partial charge in [0.25, 0.3) is 5.56 Å². The summed E-state index contributed by atoms with van der Waals surface area (Å²) < 4.78 is 6.50. The molecule has 0 bridgehead atoms.